The summed E-state index contributed by atoms with van der Waals surface area (Å²) in [5.74, 6) is -0.694. The Labute approximate surface area is 161 Å². The van der Waals surface area contributed by atoms with E-state index in [2.05, 4.69) is 16.0 Å². The number of non-ortho nitro benzene ring substituents is 1. The molecule has 0 bridgehead atoms. The van der Waals surface area contributed by atoms with Gasteiger partial charge < -0.3 is 10.6 Å². The third-order valence-electron chi connectivity index (χ3n) is 3.49. The number of nitro benzene ring substituents is 1. The van der Waals surface area contributed by atoms with Crippen LogP contribution in [0.3, 0.4) is 0 Å². The molecule has 0 heterocycles. The molecular formula is C18H18N4O4S. The Hall–Kier alpha value is -3.33. The van der Waals surface area contributed by atoms with Crippen molar-refractivity contribution in [2.24, 2.45) is 0 Å². The molecule has 140 valence electrons. The molecule has 0 aliphatic rings. The van der Waals surface area contributed by atoms with Gasteiger partial charge in [-0.3, -0.25) is 25.0 Å². The topological polar surface area (TPSA) is 113 Å². The van der Waals surface area contributed by atoms with Gasteiger partial charge in [-0.15, -0.1) is 0 Å². The Morgan fingerprint density at radius 3 is 2.41 bits per heavy atom. The van der Waals surface area contributed by atoms with E-state index in [9.17, 15) is 19.7 Å². The standard InChI is InChI=1S/C18H18N4O4S/c1-2-10-19-16(23)13-4-3-5-14(11-13)20-18(27)21-17(24)12-6-8-15(9-7-12)22(25)26/h3-9,11H,2,10H2,1H3,(H,19,23)(H2,20,21,24,27). The van der Waals surface area contributed by atoms with Gasteiger partial charge in [-0.25, -0.2) is 0 Å². The van der Waals surface area contributed by atoms with E-state index >= 15 is 0 Å². The second-order valence-electron chi connectivity index (χ2n) is 5.55. The van der Waals surface area contributed by atoms with Crippen LogP contribution in [-0.2, 0) is 0 Å². The van der Waals surface area contributed by atoms with E-state index in [1.807, 2.05) is 6.92 Å². The summed E-state index contributed by atoms with van der Waals surface area (Å²) < 4.78 is 0. The second-order valence-corrected chi connectivity index (χ2v) is 5.96. The lowest BCUT2D eigenvalue weighted by atomic mass is 10.2. The first-order chi connectivity index (χ1) is 12.9. The molecule has 0 atom stereocenters. The number of nitrogens with one attached hydrogen (secondary N) is 3. The van der Waals surface area contributed by atoms with E-state index in [-0.39, 0.29) is 22.3 Å². The van der Waals surface area contributed by atoms with Crippen molar-refractivity contribution in [2.45, 2.75) is 13.3 Å². The summed E-state index contributed by atoms with van der Waals surface area (Å²) in [4.78, 5) is 34.2. The molecule has 0 saturated heterocycles. The highest BCUT2D eigenvalue weighted by atomic mass is 32.1. The first-order valence-corrected chi connectivity index (χ1v) is 8.56. The van der Waals surface area contributed by atoms with Crippen LogP contribution >= 0.6 is 12.2 Å². The van der Waals surface area contributed by atoms with Crippen molar-refractivity contribution in [2.75, 3.05) is 11.9 Å². The molecule has 9 heteroatoms. The van der Waals surface area contributed by atoms with Crippen LogP contribution in [0.25, 0.3) is 0 Å². The van der Waals surface area contributed by atoms with Crippen molar-refractivity contribution in [3.63, 3.8) is 0 Å². The number of carbonyl (C=O) groups is 2. The van der Waals surface area contributed by atoms with E-state index in [1.165, 1.54) is 24.3 Å². The number of nitrogens with zero attached hydrogens (tertiary/aromatic N) is 1. The van der Waals surface area contributed by atoms with Gasteiger partial charge in [0, 0.05) is 35.5 Å². The lowest BCUT2D eigenvalue weighted by molar-refractivity contribution is -0.384. The fourth-order valence-corrected chi connectivity index (χ4v) is 2.36. The first kappa shape index (κ1) is 20.0. The third kappa shape index (κ3) is 5.86. The summed E-state index contributed by atoms with van der Waals surface area (Å²) in [5, 5.41) is 18.8. The molecule has 0 saturated carbocycles. The number of thiocarbonyl (C=S) groups is 1. The normalized spacial score (nSPS) is 9.96. The molecule has 0 spiro atoms. The Bertz CT molecular complexity index is 868. The molecule has 27 heavy (non-hydrogen) atoms. The Kier molecular flexibility index (Phi) is 6.95. The van der Waals surface area contributed by atoms with Gasteiger partial charge >= 0.3 is 0 Å². The van der Waals surface area contributed by atoms with Crippen LogP contribution in [0.4, 0.5) is 11.4 Å². The predicted octanol–water partition coefficient (Wildman–Crippen LogP) is 2.86. The maximum Gasteiger partial charge on any atom is 0.269 e. The highest BCUT2D eigenvalue weighted by Gasteiger charge is 2.11. The molecule has 0 fully saturated rings. The molecule has 8 nitrogen and oxygen atoms in total. The van der Waals surface area contributed by atoms with Gasteiger partial charge in [-0.05, 0) is 49.0 Å². The van der Waals surface area contributed by atoms with Gasteiger partial charge in [-0.1, -0.05) is 13.0 Å². The van der Waals surface area contributed by atoms with Crippen LogP contribution in [0.2, 0.25) is 0 Å². The van der Waals surface area contributed by atoms with E-state index in [4.69, 9.17) is 12.2 Å². The monoisotopic (exact) mass is 386 g/mol. The fraction of sp³-hybridized carbons (Fsp3) is 0.167. The van der Waals surface area contributed by atoms with E-state index in [0.29, 0.717) is 17.8 Å². The summed E-state index contributed by atoms with van der Waals surface area (Å²) in [6, 6.07) is 11.9. The number of rotatable bonds is 6. The lowest BCUT2D eigenvalue weighted by Gasteiger charge is -2.11. The molecule has 0 unspecified atom stereocenters. The zero-order valence-electron chi connectivity index (χ0n) is 14.5. The minimum Gasteiger partial charge on any atom is -0.352 e. The van der Waals surface area contributed by atoms with Crippen LogP contribution in [0.15, 0.2) is 48.5 Å². The zero-order chi connectivity index (χ0) is 19.8. The number of hydrogen-bond acceptors (Lipinski definition) is 5. The van der Waals surface area contributed by atoms with Crippen molar-refractivity contribution in [1.29, 1.82) is 0 Å². The van der Waals surface area contributed by atoms with Crippen LogP contribution < -0.4 is 16.0 Å². The fourth-order valence-electron chi connectivity index (χ4n) is 2.15. The molecule has 2 rings (SSSR count). The summed E-state index contributed by atoms with van der Waals surface area (Å²) in [5.41, 5.74) is 1.15. The number of nitro groups is 1. The zero-order valence-corrected chi connectivity index (χ0v) is 15.3. The second kappa shape index (κ2) is 9.39. The number of benzene rings is 2. The van der Waals surface area contributed by atoms with Crippen LogP contribution in [0.5, 0.6) is 0 Å². The maximum absolute atomic E-state index is 12.1. The number of carbonyl (C=O) groups excluding carboxylic acids is 2. The average molecular weight is 386 g/mol. The van der Waals surface area contributed by atoms with Gasteiger partial charge in [0.2, 0.25) is 0 Å². The molecule has 0 radical (unpaired) electrons. The Morgan fingerprint density at radius 2 is 1.78 bits per heavy atom. The largest absolute Gasteiger partial charge is 0.352 e. The van der Waals surface area contributed by atoms with Crippen molar-refractivity contribution in [3.05, 3.63) is 69.8 Å². The van der Waals surface area contributed by atoms with Crippen molar-refractivity contribution < 1.29 is 14.5 Å². The Balaban J connectivity index is 1.97. The number of hydrogen-bond donors (Lipinski definition) is 3. The van der Waals surface area contributed by atoms with Gasteiger partial charge in [0.1, 0.15) is 0 Å². The molecule has 0 aromatic heterocycles. The number of anilines is 1. The minimum atomic E-state index is -0.544. The predicted molar refractivity (Wildman–Crippen MR) is 106 cm³/mol. The van der Waals surface area contributed by atoms with Gasteiger partial charge in [0.15, 0.2) is 5.11 Å². The van der Waals surface area contributed by atoms with Crippen LogP contribution in [-0.4, -0.2) is 28.4 Å². The quantitative estimate of drug-likeness (QED) is 0.400. The maximum atomic E-state index is 12.1. The summed E-state index contributed by atoms with van der Waals surface area (Å²) in [6.07, 6.45) is 0.836. The Morgan fingerprint density at radius 1 is 1.07 bits per heavy atom. The van der Waals surface area contributed by atoms with E-state index in [0.717, 1.165) is 6.42 Å². The van der Waals surface area contributed by atoms with Crippen molar-refractivity contribution >= 4 is 40.5 Å². The minimum absolute atomic E-state index is 0.0458. The molecule has 2 amide bonds. The molecule has 2 aromatic rings. The highest BCUT2D eigenvalue weighted by molar-refractivity contribution is 7.80. The lowest BCUT2D eigenvalue weighted by Crippen LogP contribution is -2.34. The summed E-state index contributed by atoms with van der Waals surface area (Å²) in [7, 11) is 0. The first-order valence-electron chi connectivity index (χ1n) is 8.15. The highest BCUT2D eigenvalue weighted by Crippen LogP contribution is 2.13. The van der Waals surface area contributed by atoms with E-state index < -0.39 is 10.8 Å². The summed E-state index contributed by atoms with van der Waals surface area (Å²) >= 11 is 5.11. The SMILES string of the molecule is CCCNC(=O)c1cccc(NC(=S)NC(=O)c2ccc([N+](=O)[O-])cc2)c1. The molecule has 2 aromatic carbocycles. The van der Waals surface area contributed by atoms with Gasteiger partial charge in [0.25, 0.3) is 17.5 Å². The van der Waals surface area contributed by atoms with E-state index in [1.54, 1.807) is 24.3 Å². The third-order valence-corrected chi connectivity index (χ3v) is 3.69. The molecule has 0 aliphatic carbocycles. The molecule has 0 aliphatic heterocycles. The average Bonchev–Trinajstić information content (AvgIpc) is 2.66. The van der Waals surface area contributed by atoms with Gasteiger partial charge in [0.05, 0.1) is 4.92 Å². The summed E-state index contributed by atoms with van der Waals surface area (Å²) in [6.45, 7) is 2.55. The molecule has 3 N–H and O–H groups in total. The van der Waals surface area contributed by atoms with Crippen molar-refractivity contribution in [1.82, 2.24) is 10.6 Å². The van der Waals surface area contributed by atoms with Gasteiger partial charge in [-0.2, -0.15) is 0 Å². The van der Waals surface area contributed by atoms with Crippen molar-refractivity contribution in [3.8, 4) is 0 Å². The van der Waals surface area contributed by atoms with Crippen LogP contribution in [0.1, 0.15) is 34.1 Å². The number of amides is 2. The van der Waals surface area contributed by atoms with Crippen LogP contribution in [0, 0.1) is 10.1 Å². The smallest absolute Gasteiger partial charge is 0.269 e. The molecular weight excluding hydrogens is 368 g/mol.